The van der Waals surface area contributed by atoms with Gasteiger partial charge in [0.05, 0.1) is 6.61 Å². The molecule has 1 aliphatic carbocycles. The van der Waals surface area contributed by atoms with E-state index in [1.807, 2.05) is 31.4 Å². The monoisotopic (exact) mass is 378 g/mol. The number of nitrogens with two attached hydrogens (primary N) is 1. The molecule has 4 heteroatoms. The highest BCUT2D eigenvalue weighted by molar-refractivity contribution is 5.92. The molecule has 2 aromatic carbocycles. The van der Waals surface area contributed by atoms with Crippen LogP contribution in [0, 0.1) is 0 Å². The molecule has 4 nitrogen and oxygen atoms in total. The summed E-state index contributed by atoms with van der Waals surface area (Å²) in [5.41, 5.74) is 11.4. The van der Waals surface area contributed by atoms with Gasteiger partial charge in [-0.05, 0) is 79.5 Å². The lowest BCUT2D eigenvalue weighted by atomic mass is 9.85. The van der Waals surface area contributed by atoms with Crippen molar-refractivity contribution in [3.63, 3.8) is 0 Å². The Morgan fingerprint density at radius 1 is 1.11 bits per heavy atom. The molecule has 2 unspecified atom stereocenters. The quantitative estimate of drug-likeness (QED) is 0.839. The summed E-state index contributed by atoms with van der Waals surface area (Å²) in [6, 6.07) is 15.8. The minimum atomic E-state index is -0.374. The van der Waals surface area contributed by atoms with Crippen molar-refractivity contribution in [3.05, 3.63) is 70.3 Å². The van der Waals surface area contributed by atoms with Gasteiger partial charge in [0.2, 0.25) is 5.91 Å². The van der Waals surface area contributed by atoms with Crippen LogP contribution in [-0.4, -0.2) is 43.2 Å². The number of likely N-dealkylation sites (tertiary alicyclic amines) is 1. The minimum Gasteiger partial charge on any atom is -0.383 e. The molecular weight excluding hydrogens is 348 g/mol. The predicted molar refractivity (Wildman–Crippen MR) is 112 cm³/mol. The highest BCUT2D eigenvalue weighted by Gasteiger charge is 2.32. The van der Waals surface area contributed by atoms with Crippen LogP contribution in [-0.2, 0) is 24.0 Å². The van der Waals surface area contributed by atoms with Gasteiger partial charge in [0.1, 0.15) is 0 Å². The lowest BCUT2D eigenvalue weighted by Gasteiger charge is -2.36. The first-order valence-corrected chi connectivity index (χ1v) is 10.4. The van der Waals surface area contributed by atoms with Crippen LogP contribution in [0.2, 0.25) is 0 Å². The number of hydrogen-bond donors (Lipinski definition) is 1. The number of fused-ring (bicyclic) bond motifs is 1. The average molecular weight is 379 g/mol. The largest absolute Gasteiger partial charge is 0.383 e. The topological polar surface area (TPSA) is 55.6 Å². The van der Waals surface area contributed by atoms with Gasteiger partial charge in [-0.15, -0.1) is 0 Å². The van der Waals surface area contributed by atoms with Crippen molar-refractivity contribution >= 4 is 5.91 Å². The van der Waals surface area contributed by atoms with Crippen molar-refractivity contribution < 1.29 is 9.53 Å². The van der Waals surface area contributed by atoms with Gasteiger partial charge in [-0.1, -0.05) is 30.3 Å². The maximum Gasteiger partial charge on any atom is 0.248 e. The number of hydrogen-bond acceptors (Lipinski definition) is 3. The van der Waals surface area contributed by atoms with Crippen LogP contribution in [0.15, 0.2) is 42.5 Å². The number of primary amides is 1. The van der Waals surface area contributed by atoms with Crippen LogP contribution in [0.4, 0.5) is 0 Å². The van der Waals surface area contributed by atoms with E-state index < -0.39 is 0 Å². The summed E-state index contributed by atoms with van der Waals surface area (Å²) in [7, 11) is 1.82. The van der Waals surface area contributed by atoms with Gasteiger partial charge in [0.25, 0.3) is 0 Å². The van der Waals surface area contributed by atoms with Gasteiger partial charge in [0.15, 0.2) is 0 Å². The van der Waals surface area contributed by atoms with Crippen molar-refractivity contribution in [1.82, 2.24) is 4.90 Å². The molecule has 0 spiro atoms. The molecule has 2 aliphatic rings. The molecule has 148 valence electrons. The third-order valence-corrected chi connectivity index (χ3v) is 6.37. The van der Waals surface area contributed by atoms with Crippen LogP contribution >= 0.6 is 0 Å². The number of ether oxygens (including phenoxy) is 1. The highest BCUT2D eigenvalue weighted by Crippen LogP contribution is 2.30. The van der Waals surface area contributed by atoms with Gasteiger partial charge in [-0.25, -0.2) is 0 Å². The Morgan fingerprint density at radius 2 is 1.89 bits per heavy atom. The molecule has 1 saturated heterocycles. The van der Waals surface area contributed by atoms with Crippen molar-refractivity contribution in [2.24, 2.45) is 5.73 Å². The molecule has 0 saturated carbocycles. The van der Waals surface area contributed by atoms with Gasteiger partial charge < -0.3 is 10.5 Å². The van der Waals surface area contributed by atoms with Crippen molar-refractivity contribution in [2.45, 2.75) is 50.6 Å². The van der Waals surface area contributed by atoms with Crippen LogP contribution in [0.25, 0.3) is 0 Å². The second-order valence-corrected chi connectivity index (χ2v) is 8.23. The van der Waals surface area contributed by atoms with E-state index in [-0.39, 0.29) is 5.91 Å². The first kappa shape index (κ1) is 19.2. The molecule has 28 heavy (non-hydrogen) atoms. The molecule has 2 N–H and O–H groups in total. The molecule has 0 bridgehead atoms. The number of rotatable bonds is 6. The molecule has 0 radical (unpaired) electrons. The van der Waals surface area contributed by atoms with E-state index in [0.717, 1.165) is 25.9 Å². The smallest absolute Gasteiger partial charge is 0.248 e. The lowest BCUT2D eigenvalue weighted by molar-refractivity contribution is 0.0837. The Bertz CT molecular complexity index is 831. The Hall–Kier alpha value is -2.17. The van der Waals surface area contributed by atoms with Gasteiger partial charge in [0, 0.05) is 24.8 Å². The average Bonchev–Trinajstić information content (AvgIpc) is 3.16. The fourth-order valence-corrected chi connectivity index (χ4v) is 4.91. The predicted octanol–water partition coefficient (Wildman–Crippen LogP) is 3.34. The van der Waals surface area contributed by atoms with E-state index >= 15 is 0 Å². The normalized spacial score (nSPS) is 22.2. The lowest BCUT2D eigenvalue weighted by Crippen LogP contribution is -2.44. The number of aryl methyl sites for hydroxylation is 1. The number of methoxy groups -OCH3 is 1. The molecule has 1 heterocycles. The van der Waals surface area contributed by atoms with Crippen molar-refractivity contribution in [2.75, 3.05) is 20.3 Å². The minimum absolute atomic E-state index is 0.374. The van der Waals surface area contributed by atoms with Crippen molar-refractivity contribution in [3.8, 4) is 0 Å². The highest BCUT2D eigenvalue weighted by atomic mass is 16.5. The molecule has 4 rings (SSSR count). The van der Waals surface area contributed by atoms with E-state index in [1.165, 1.54) is 48.1 Å². The Labute approximate surface area is 167 Å². The number of carbonyl (C=O) groups is 1. The zero-order valence-electron chi connectivity index (χ0n) is 16.7. The van der Waals surface area contributed by atoms with E-state index in [0.29, 0.717) is 17.6 Å². The molecule has 0 aromatic heterocycles. The summed E-state index contributed by atoms with van der Waals surface area (Å²) >= 11 is 0. The van der Waals surface area contributed by atoms with Gasteiger partial charge in [-0.3, -0.25) is 9.69 Å². The Morgan fingerprint density at radius 3 is 2.64 bits per heavy atom. The van der Waals surface area contributed by atoms with E-state index in [2.05, 4.69) is 23.1 Å². The Balaban J connectivity index is 1.43. The van der Waals surface area contributed by atoms with E-state index in [9.17, 15) is 4.79 Å². The van der Waals surface area contributed by atoms with E-state index in [4.69, 9.17) is 10.5 Å². The molecule has 2 aromatic rings. The van der Waals surface area contributed by atoms with Gasteiger partial charge >= 0.3 is 0 Å². The zero-order chi connectivity index (χ0) is 19.5. The summed E-state index contributed by atoms with van der Waals surface area (Å²) in [5.74, 6) is -0.374. The third-order valence-electron chi connectivity index (χ3n) is 6.37. The fourth-order valence-electron chi connectivity index (χ4n) is 4.91. The maximum absolute atomic E-state index is 11.2. The summed E-state index contributed by atoms with van der Waals surface area (Å²) in [4.78, 5) is 13.9. The molecule has 1 amide bonds. The standard InChI is InChI=1S/C24H30N2O2/c1-28-16-23-3-2-12-26(23)22-11-10-20-14-18(6-9-21(20)15-22)13-17-4-7-19(8-5-17)24(25)27/h4-9,14,22-23H,2-3,10-13,15-16H2,1H3,(H2,25,27). The molecule has 2 atom stereocenters. The second-order valence-electron chi connectivity index (χ2n) is 8.23. The number of amides is 1. The first-order valence-electron chi connectivity index (χ1n) is 10.4. The summed E-state index contributed by atoms with van der Waals surface area (Å²) in [5, 5.41) is 0. The second kappa shape index (κ2) is 8.46. The fraction of sp³-hybridized carbons (Fsp3) is 0.458. The SMILES string of the molecule is COCC1CCCN1C1CCc2cc(Cc3ccc(C(N)=O)cc3)ccc2C1. The Kier molecular flexibility index (Phi) is 5.79. The summed E-state index contributed by atoms with van der Waals surface area (Å²) < 4.78 is 5.44. The van der Waals surface area contributed by atoms with Crippen LogP contribution in [0.1, 0.15) is 51.9 Å². The third kappa shape index (κ3) is 4.13. The number of nitrogens with zero attached hydrogens (tertiary/aromatic N) is 1. The van der Waals surface area contributed by atoms with E-state index in [1.54, 1.807) is 0 Å². The number of carbonyl (C=O) groups excluding carboxylic acids is 1. The molecule has 1 fully saturated rings. The van der Waals surface area contributed by atoms with Gasteiger partial charge in [-0.2, -0.15) is 0 Å². The molecule has 1 aliphatic heterocycles. The maximum atomic E-state index is 11.2. The van der Waals surface area contributed by atoms with Crippen LogP contribution in [0.3, 0.4) is 0 Å². The van der Waals surface area contributed by atoms with Crippen LogP contribution in [0.5, 0.6) is 0 Å². The first-order chi connectivity index (χ1) is 13.6. The van der Waals surface area contributed by atoms with Crippen molar-refractivity contribution in [1.29, 1.82) is 0 Å². The number of benzene rings is 2. The molecular formula is C24H30N2O2. The zero-order valence-corrected chi connectivity index (χ0v) is 16.7. The summed E-state index contributed by atoms with van der Waals surface area (Å²) in [6.07, 6.45) is 7.01. The summed E-state index contributed by atoms with van der Waals surface area (Å²) in [6.45, 7) is 2.07. The van der Waals surface area contributed by atoms with Crippen LogP contribution < -0.4 is 5.73 Å².